The highest BCUT2D eigenvalue weighted by molar-refractivity contribution is 6.36. The molecular weight excluding hydrogens is 188 g/mol. The third-order valence-electron chi connectivity index (χ3n) is 3.25. The van der Waals surface area contributed by atoms with Gasteiger partial charge < -0.3 is 4.74 Å². The van der Waals surface area contributed by atoms with Gasteiger partial charge in [0.15, 0.2) is 4.87 Å². The second kappa shape index (κ2) is 3.16. The van der Waals surface area contributed by atoms with E-state index in [2.05, 4.69) is 0 Å². The molecule has 0 aromatic rings. The maximum atomic E-state index is 11.1. The first-order chi connectivity index (χ1) is 6.12. The lowest BCUT2D eigenvalue weighted by Crippen LogP contribution is -2.60. The Kier molecular flexibility index (Phi) is 2.26. The van der Waals surface area contributed by atoms with Crippen LogP contribution in [0.15, 0.2) is 0 Å². The molecule has 13 heavy (non-hydrogen) atoms. The van der Waals surface area contributed by atoms with Crippen molar-refractivity contribution in [1.29, 1.82) is 0 Å². The maximum absolute atomic E-state index is 11.1. The molecule has 2 fully saturated rings. The van der Waals surface area contributed by atoms with Gasteiger partial charge in [-0.05, 0) is 25.7 Å². The fourth-order valence-electron chi connectivity index (χ4n) is 2.38. The summed E-state index contributed by atoms with van der Waals surface area (Å²) in [5.74, 6) is 0.263. The van der Waals surface area contributed by atoms with Crippen LogP contribution in [0.1, 0.15) is 39.0 Å². The number of esters is 1. The second-order valence-electron chi connectivity index (χ2n) is 4.30. The van der Waals surface area contributed by atoms with Crippen molar-refractivity contribution in [2.24, 2.45) is 5.92 Å². The summed E-state index contributed by atoms with van der Waals surface area (Å²) in [6.07, 6.45) is 6.13. The molecule has 0 amide bonds. The minimum Gasteiger partial charge on any atom is -0.458 e. The Morgan fingerprint density at radius 2 is 2.00 bits per heavy atom. The summed E-state index contributed by atoms with van der Waals surface area (Å²) in [5.41, 5.74) is 0. The molecule has 0 bridgehead atoms. The number of cyclic esters (lactones) is 1. The SMILES string of the molecule is CC1(Cl)C(=O)OC1C1CCCCC1. The molecule has 1 aliphatic carbocycles. The van der Waals surface area contributed by atoms with E-state index in [4.69, 9.17) is 16.3 Å². The molecule has 1 saturated carbocycles. The molecule has 74 valence electrons. The summed E-state index contributed by atoms with van der Waals surface area (Å²) in [6.45, 7) is 1.78. The molecule has 0 spiro atoms. The van der Waals surface area contributed by atoms with Crippen LogP contribution in [0.4, 0.5) is 0 Å². The Balaban J connectivity index is 1.98. The Bertz CT molecular complexity index is 219. The van der Waals surface area contributed by atoms with Crippen molar-refractivity contribution in [3.05, 3.63) is 0 Å². The average molecular weight is 203 g/mol. The third kappa shape index (κ3) is 1.45. The molecule has 0 aromatic heterocycles. The first-order valence-corrected chi connectivity index (χ1v) is 5.40. The molecular formula is C10H15ClO2. The number of rotatable bonds is 1. The predicted octanol–water partition coefficient (Wildman–Crippen LogP) is 2.49. The minimum absolute atomic E-state index is 0.0260. The van der Waals surface area contributed by atoms with Crippen molar-refractivity contribution < 1.29 is 9.53 Å². The first-order valence-electron chi connectivity index (χ1n) is 5.02. The van der Waals surface area contributed by atoms with E-state index in [1.807, 2.05) is 0 Å². The van der Waals surface area contributed by atoms with Gasteiger partial charge in [-0.25, -0.2) is 4.79 Å². The maximum Gasteiger partial charge on any atom is 0.331 e. The number of hydrogen-bond acceptors (Lipinski definition) is 2. The Labute approximate surface area is 83.6 Å². The molecule has 2 nitrogen and oxygen atoms in total. The van der Waals surface area contributed by atoms with E-state index in [0.29, 0.717) is 5.92 Å². The van der Waals surface area contributed by atoms with E-state index in [-0.39, 0.29) is 12.1 Å². The molecule has 2 atom stereocenters. The normalized spacial score (nSPS) is 41.1. The average Bonchev–Trinajstić information content (AvgIpc) is 2.15. The Morgan fingerprint density at radius 1 is 1.38 bits per heavy atom. The minimum atomic E-state index is -0.734. The molecule has 1 heterocycles. The lowest BCUT2D eigenvalue weighted by molar-refractivity contribution is -0.185. The van der Waals surface area contributed by atoms with Gasteiger partial charge >= 0.3 is 5.97 Å². The Morgan fingerprint density at radius 3 is 2.46 bits per heavy atom. The van der Waals surface area contributed by atoms with Gasteiger partial charge in [-0.2, -0.15) is 0 Å². The number of carbonyl (C=O) groups excluding carboxylic acids is 1. The molecule has 1 saturated heterocycles. The number of alkyl halides is 1. The van der Waals surface area contributed by atoms with Crippen LogP contribution in [-0.4, -0.2) is 16.9 Å². The van der Waals surface area contributed by atoms with Crippen LogP contribution in [0, 0.1) is 5.92 Å². The highest BCUT2D eigenvalue weighted by Gasteiger charge is 2.56. The van der Waals surface area contributed by atoms with Gasteiger partial charge in [0.2, 0.25) is 0 Å². The highest BCUT2D eigenvalue weighted by Crippen LogP contribution is 2.43. The summed E-state index contributed by atoms with van der Waals surface area (Å²) in [6, 6.07) is 0. The van der Waals surface area contributed by atoms with Gasteiger partial charge in [0, 0.05) is 0 Å². The van der Waals surface area contributed by atoms with Crippen LogP contribution < -0.4 is 0 Å². The van der Waals surface area contributed by atoms with Gasteiger partial charge in [-0.15, -0.1) is 11.6 Å². The molecule has 0 aromatic carbocycles. The summed E-state index contributed by atoms with van der Waals surface area (Å²) in [7, 11) is 0. The second-order valence-corrected chi connectivity index (χ2v) is 5.08. The molecule has 0 radical (unpaired) electrons. The lowest BCUT2D eigenvalue weighted by Gasteiger charge is -2.45. The molecule has 2 rings (SSSR count). The number of carbonyl (C=O) groups is 1. The summed E-state index contributed by atoms with van der Waals surface area (Å²) < 4.78 is 5.12. The van der Waals surface area contributed by atoms with Crippen molar-refractivity contribution in [2.45, 2.75) is 50.0 Å². The van der Waals surface area contributed by atoms with Crippen molar-refractivity contribution in [3.8, 4) is 0 Å². The monoisotopic (exact) mass is 202 g/mol. The predicted molar refractivity (Wildman–Crippen MR) is 50.7 cm³/mol. The Hall–Kier alpha value is -0.240. The van der Waals surface area contributed by atoms with Crippen LogP contribution in [0.25, 0.3) is 0 Å². The summed E-state index contributed by atoms with van der Waals surface area (Å²) in [4.78, 5) is 10.3. The van der Waals surface area contributed by atoms with Crippen molar-refractivity contribution >= 4 is 17.6 Å². The zero-order chi connectivity index (χ0) is 9.47. The van der Waals surface area contributed by atoms with E-state index in [0.717, 1.165) is 0 Å². The highest BCUT2D eigenvalue weighted by atomic mass is 35.5. The van der Waals surface area contributed by atoms with Crippen LogP contribution in [0.5, 0.6) is 0 Å². The molecule has 2 unspecified atom stereocenters. The van der Waals surface area contributed by atoms with Gasteiger partial charge in [-0.1, -0.05) is 19.3 Å². The smallest absolute Gasteiger partial charge is 0.331 e. The third-order valence-corrected chi connectivity index (χ3v) is 3.61. The zero-order valence-corrected chi connectivity index (χ0v) is 8.64. The van der Waals surface area contributed by atoms with Crippen LogP contribution in [-0.2, 0) is 9.53 Å². The quantitative estimate of drug-likeness (QED) is 0.483. The zero-order valence-electron chi connectivity index (χ0n) is 7.88. The number of halogens is 1. The van der Waals surface area contributed by atoms with E-state index in [1.54, 1.807) is 6.92 Å². The molecule has 0 N–H and O–H groups in total. The van der Waals surface area contributed by atoms with Crippen molar-refractivity contribution in [1.82, 2.24) is 0 Å². The van der Waals surface area contributed by atoms with Gasteiger partial charge in [0.1, 0.15) is 6.10 Å². The van der Waals surface area contributed by atoms with E-state index in [9.17, 15) is 4.79 Å². The lowest BCUT2D eigenvalue weighted by atomic mass is 9.78. The van der Waals surface area contributed by atoms with Crippen LogP contribution >= 0.6 is 11.6 Å². The molecule has 2 aliphatic rings. The van der Waals surface area contributed by atoms with Gasteiger partial charge in [0.05, 0.1) is 0 Å². The van der Waals surface area contributed by atoms with E-state index >= 15 is 0 Å². The summed E-state index contributed by atoms with van der Waals surface area (Å²) >= 11 is 6.08. The topological polar surface area (TPSA) is 26.3 Å². The van der Waals surface area contributed by atoms with E-state index in [1.165, 1.54) is 32.1 Å². The summed E-state index contributed by atoms with van der Waals surface area (Å²) in [5, 5.41) is 0. The van der Waals surface area contributed by atoms with E-state index < -0.39 is 4.87 Å². The fraction of sp³-hybridized carbons (Fsp3) is 0.900. The first kappa shape index (κ1) is 9.32. The standard InChI is InChI=1S/C10H15ClO2/c1-10(11)8(13-9(10)12)7-5-3-2-4-6-7/h7-8H,2-6H2,1H3. The van der Waals surface area contributed by atoms with Crippen molar-refractivity contribution in [3.63, 3.8) is 0 Å². The van der Waals surface area contributed by atoms with Gasteiger partial charge in [0.25, 0.3) is 0 Å². The molecule has 1 aliphatic heterocycles. The van der Waals surface area contributed by atoms with Crippen molar-refractivity contribution in [2.75, 3.05) is 0 Å². The van der Waals surface area contributed by atoms with Gasteiger partial charge in [-0.3, -0.25) is 0 Å². The molecule has 3 heteroatoms. The number of ether oxygens (including phenoxy) is 1. The fourth-order valence-corrected chi connectivity index (χ4v) is 2.64. The largest absolute Gasteiger partial charge is 0.458 e. The number of hydrogen-bond donors (Lipinski definition) is 0. The van der Waals surface area contributed by atoms with Crippen LogP contribution in [0.3, 0.4) is 0 Å². The van der Waals surface area contributed by atoms with Crippen LogP contribution in [0.2, 0.25) is 0 Å².